The molecule has 0 radical (unpaired) electrons. The van der Waals surface area contributed by atoms with Crippen LogP contribution >= 0.6 is 0 Å². The van der Waals surface area contributed by atoms with Crippen molar-refractivity contribution in [3.8, 4) is 0 Å². The number of aryl methyl sites for hydroxylation is 1. The van der Waals surface area contributed by atoms with Gasteiger partial charge in [-0.3, -0.25) is 0 Å². The van der Waals surface area contributed by atoms with Crippen molar-refractivity contribution in [2.45, 2.75) is 19.5 Å². The highest BCUT2D eigenvalue weighted by molar-refractivity contribution is 5.21. The SMILES string of the molecule is Cc1ccc(C[C@@H](F)CO)cc1. The van der Waals surface area contributed by atoms with Crippen LogP contribution in [0.1, 0.15) is 11.1 Å². The molecular formula is C10H13FO. The lowest BCUT2D eigenvalue weighted by molar-refractivity contribution is 0.177. The summed E-state index contributed by atoms with van der Waals surface area (Å²) in [4.78, 5) is 0. The third kappa shape index (κ3) is 2.62. The molecule has 1 aromatic carbocycles. The Bertz CT molecular complexity index is 230. The molecule has 0 bridgehead atoms. The molecule has 1 rings (SSSR count). The first-order chi connectivity index (χ1) is 5.72. The van der Waals surface area contributed by atoms with E-state index in [1.54, 1.807) is 0 Å². The van der Waals surface area contributed by atoms with Crippen LogP contribution in [0.5, 0.6) is 0 Å². The molecule has 2 heteroatoms. The molecule has 0 fully saturated rings. The molecular weight excluding hydrogens is 155 g/mol. The molecule has 66 valence electrons. The first-order valence-corrected chi connectivity index (χ1v) is 4.03. The van der Waals surface area contributed by atoms with Gasteiger partial charge in [-0.25, -0.2) is 4.39 Å². The van der Waals surface area contributed by atoms with Crippen molar-refractivity contribution >= 4 is 0 Å². The minimum atomic E-state index is -1.13. The Hall–Kier alpha value is -0.890. The Balaban J connectivity index is 2.58. The van der Waals surface area contributed by atoms with Gasteiger partial charge in [0.05, 0.1) is 6.61 Å². The van der Waals surface area contributed by atoms with Crippen molar-refractivity contribution in [3.05, 3.63) is 35.4 Å². The standard InChI is InChI=1S/C10H13FO/c1-8-2-4-9(5-3-8)6-10(11)7-12/h2-5,10,12H,6-7H2,1H3/t10-/m1/s1. The van der Waals surface area contributed by atoms with Crippen molar-refractivity contribution in [2.24, 2.45) is 0 Å². The summed E-state index contributed by atoms with van der Waals surface area (Å²) in [6, 6.07) is 7.66. The molecule has 0 unspecified atom stereocenters. The van der Waals surface area contributed by atoms with Crippen molar-refractivity contribution in [1.29, 1.82) is 0 Å². The number of hydrogen-bond donors (Lipinski definition) is 1. The van der Waals surface area contributed by atoms with Gasteiger partial charge in [0.1, 0.15) is 6.17 Å². The number of rotatable bonds is 3. The highest BCUT2D eigenvalue weighted by atomic mass is 19.1. The lowest BCUT2D eigenvalue weighted by atomic mass is 10.1. The van der Waals surface area contributed by atoms with E-state index in [1.807, 2.05) is 31.2 Å². The van der Waals surface area contributed by atoms with Crippen LogP contribution in [0.2, 0.25) is 0 Å². The van der Waals surface area contributed by atoms with Gasteiger partial charge in [-0.15, -0.1) is 0 Å². The van der Waals surface area contributed by atoms with Crippen LogP contribution in [0, 0.1) is 6.92 Å². The number of halogens is 1. The maximum atomic E-state index is 12.7. The molecule has 1 atom stereocenters. The second-order valence-electron chi connectivity index (χ2n) is 2.97. The summed E-state index contributed by atoms with van der Waals surface area (Å²) in [5, 5.41) is 8.48. The van der Waals surface area contributed by atoms with Crippen LogP contribution in [0.4, 0.5) is 4.39 Å². The van der Waals surface area contributed by atoms with Crippen LogP contribution in [0.25, 0.3) is 0 Å². The molecule has 1 nitrogen and oxygen atoms in total. The van der Waals surface area contributed by atoms with Crippen LogP contribution in [-0.2, 0) is 6.42 Å². The molecule has 0 aliphatic carbocycles. The van der Waals surface area contributed by atoms with Crippen molar-refractivity contribution in [1.82, 2.24) is 0 Å². The fourth-order valence-electron chi connectivity index (χ4n) is 1.04. The zero-order chi connectivity index (χ0) is 8.97. The van der Waals surface area contributed by atoms with Crippen molar-refractivity contribution in [3.63, 3.8) is 0 Å². The number of alkyl halides is 1. The lowest BCUT2D eigenvalue weighted by Crippen LogP contribution is -2.09. The van der Waals surface area contributed by atoms with Crippen molar-refractivity contribution in [2.75, 3.05) is 6.61 Å². The lowest BCUT2D eigenvalue weighted by Gasteiger charge is -2.04. The van der Waals surface area contributed by atoms with Gasteiger partial charge >= 0.3 is 0 Å². The largest absolute Gasteiger partial charge is 0.393 e. The van der Waals surface area contributed by atoms with Gasteiger partial charge in [-0.05, 0) is 12.5 Å². The van der Waals surface area contributed by atoms with Gasteiger partial charge in [0.25, 0.3) is 0 Å². The Labute approximate surface area is 71.9 Å². The Kier molecular flexibility index (Phi) is 3.23. The highest BCUT2D eigenvalue weighted by Gasteiger charge is 2.04. The zero-order valence-electron chi connectivity index (χ0n) is 7.13. The van der Waals surface area contributed by atoms with Crippen LogP contribution < -0.4 is 0 Å². The van der Waals surface area contributed by atoms with E-state index in [4.69, 9.17) is 5.11 Å². The molecule has 0 aliphatic heterocycles. The monoisotopic (exact) mass is 168 g/mol. The Morgan fingerprint density at radius 3 is 2.42 bits per heavy atom. The van der Waals surface area contributed by atoms with E-state index in [9.17, 15) is 4.39 Å². The maximum Gasteiger partial charge on any atom is 0.127 e. The summed E-state index contributed by atoms with van der Waals surface area (Å²) >= 11 is 0. The van der Waals surface area contributed by atoms with Crippen LogP contribution in [0.15, 0.2) is 24.3 Å². The minimum absolute atomic E-state index is 0.302. The van der Waals surface area contributed by atoms with Gasteiger partial charge in [0.2, 0.25) is 0 Å². The van der Waals surface area contributed by atoms with Crippen LogP contribution in [-0.4, -0.2) is 17.9 Å². The molecule has 0 spiro atoms. The molecule has 0 aliphatic rings. The summed E-state index contributed by atoms with van der Waals surface area (Å²) in [5.41, 5.74) is 2.10. The summed E-state index contributed by atoms with van der Waals surface area (Å²) < 4.78 is 12.7. The Morgan fingerprint density at radius 1 is 1.33 bits per heavy atom. The van der Waals surface area contributed by atoms with E-state index < -0.39 is 12.8 Å². The molecule has 0 saturated carbocycles. The maximum absolute atomic E-state index is 12.7. The highest BCUT2D eigenvalue weighted by Crippen LogP contribution is 2.07. The van der Waals surface area contributed by atoms with Gasteiger partial charge in [-0.2, -0.15) is 0 Å². The third-order valence-corrected chi connectivity index (χ3v) is 1.78. The Morgan fingerprint density at radius 2 is 1.92 bits per heavy atom. The van der Waals surface area contributed by atoms with E-state index in [1.165, 1.54) is 0 Å². The first kappa shape index (κ1) is 9.20. The van der Waals surface area contributed by atoms with Gasteiger partial charge in [0.15, 0.2) is 0 Å². The number of hydrogen-bond acceptors (Lipinski definition) is 1. The van der Waals surface area contributed by atoms with Gasteiger partial charge < -0.3 is 5.11 Å². The predicted molar refractivity (Wildman–Crippen MR) is 46.9 cm³/mol. The van der Waals surface area contributed by atoms with Crippen molar-refractivity contribution < 1.29 is 9.50 Å². The molecule has 1 aromatic rings. The quantitative estimate of drug-likeness (QED) is 0.730. The molecule has 0 saturated heterocycles. The zero-order valence-corrected chi connectivity index (χ0v) is 7.13. The molecule has 1 N–H and O–H groups in total. The predicted octanol–water partition coefficient (Wildman–Crippen LogP) is 1.87. The van der Waals surface area contributed by atoms with E-state index in [0.29, 0.717) is 6.42 Å². The fraction of sp³-hybridized carbons (Fsp3) is 0.400. The topological polar surface area (TPSA) is 20.2 Å². The van der Waals surface area contributed by atoms with E-state index >= 15 is 0 Å². The average molecular weight is 168 g/mol. The normalized spacial score (nSPS) is 12.9. The summed E-state index contributed by atoms with van der Waals surface area (Å²) in [7, 11) is 0. The summed E-state index contributed by atoms with van der Waals surface area (Å²) in [6.07, 6.45) is -0.829. The van der Waals surface area contributed by atoms with E-state index in [-0.39, 0.29) is 0 Å². The summed E-state index contributed by atoms with van der Waals surface area (Å²) in [6.45, 7) is 1.59. The molecule has 12 heavy (non-hydrogen) atoms. The number of benzene rings is 1. The average Bonchev–Trinajstić information content (AvgIpc) is 2.09. The molecule has 0 heterocycles. The van der Waals surface area contributed by atoms with E-state index in [0.717, 1.165) is 11.1 Å². The fourth-order valence-corrected chi connectivity index (χ4v) is 1.04. The van der Waals surface area contributed by atoms with Gasteiger partial charge in [-0.1, -0.05) is 29.8 Å². The third-order valence-electron chi connectivity index (χ3n) is 1.78. The second kappa shape index (κ2) is 4.21. The number of aliphatic hydroxyl groups excluding tert-OH is 1. The minimum Gasteiger partial charge on any atom is -0.393 e. The summed E-state index contributed by atoms with van der Waals surface area (Å²) in [5.74, 6) is 0. The molecule has 0 aromatic heterocycles. The smallest absolute Gasteiger partial charge is 0.127 e. The number of aliphatic hydroxyl groups is 1. The van der Waals surface area contributed by atoms with Crippen LogP contribution in [0.3, 0.4) is 0 Å². The van der Waals surface area contributed by atoms with Gasteiger partial charge in [0, 0.05) is 6.42 Å². The molecule has 0 amide bonds. The second-order valence-corrected chi connectivity index (χ2v) is 2.97. The first-order valence-electron chi connectivity index (χ1n) is 4.03. The van der Waals surface area contributed by atoms with E-state index in [2.05, 4.69) is 0 Å².